The molecule has 1 aromatic carbocycles. The number of hydrogen-bond acceptors (Lipinski definition) is 4. The van der Waals surface area contributed by atoms with Gasteiger partial charge in [0, 0.05) is 36.7 Å². The lowest BCUT2D eigenvalue weighted by atomic mass is 9.68. The monoisotopic (exact) mass is 286 g/mol. The minimum atomic E-state index is -0.0619. The predicted octanol–water partition coefficient (Wildman–Crippen LogP) is 2.18. The molecule has 0 amide bonds. The largest absolute Gasteiger partial charge is 0.469 e. The van der Waals surface area contributed by atoms with E-state index in [2.05, 4.69) is 35.5 Å². The van der Waals surface area contributed by atoms with Crippen molar-refractivity contribution in [1.82, 2.24) is 4.90 Å². The summed E-state index contributed by atoms with van der Waals surface area (Å²) in [5, 5.41) is 3.54. The van der Waals surface area contributed by atoms with Crippen molar-refractivity contribution >= 4 is 11.7 Å². The van der Waals surface area contributed by atoms with Gasteiger partial charge in [-0.05, 0) is 37.1 Å². The zero-order valence-electron chi connectivity index (χ0n) is 12.6. The van der Waals surface area contributed by atoms with Crippen LogP contribution < -0.4 is 5.32 Å². The normalized spacial score (nSPS) is 33.8. The van der Waals surface area contributed by atoms with Gasteiger partial charge in [0.25, 0.3) is 0 Å². The lowest BCUT2D eigenvalue weighted by Crippen LogP contribution is -2.50. The fraction of sp³-hybridized carbons (Fsp3) is 0.588. The Morgan fingerprint density at radius 1 is 1.38 bits per heavy atom. The average Bonchev–Trinajstić information content (AvgIpc) is 2.92. The maximum Gasteiger partial charge on any atom is 0.309 e. The van der Waals surface area contributed by atoms with E-state index in [-0.39, 0.29) is 11.9 Å². The summed E-state index contributed by atoms with van der Waals surface area (Å²) >= 11 is 0. The van der Waals surface area contributed by atoms with Crippen molar-refractivity contribution < 1.29 is 9.53 Å². The molecule has 1 N–H and O–H groups in total. The third-order valence-corrected chi connectivity index (χ3v) is 5.62. The molecule has 0 spiro atoms. The fourth-order valence-electron chi connectivity index (χ4n) is 4.69. The first kappa shape index (κ1) is 13.1. The molecule has 4 atom stereocenters. The molecule has 3 aliphatic rings. The summed E-state index contributed by atoms with van der Waals surface area (Å²) < 4.78 is 4.98. The van der Waals surface area contributed by atoms with Crippen LogP contribution in [0.4, 0.5) is 5.69 Å². The smallest absolute Gasteiger partial charge is 0.309 e. The van der Waals surface area contributed by atoms with Crippen molar-refractivity contribution in [3.05, 3.63) is 29.3 Å². The molecule has 4 heteroatoms. The Morgan fingerprint density at radius 3 is 3.05 bits per heavy atom. The van der Waals surface area contributed by atoms with Crippen LogP contribution in [0, 0.1) is 5.92 Å². The molecule has 4 nitrogen and oxygen atoms in total. The summed E-state index contributed by atoms with van der Waals surface area (Å²) in [4.78, 5) is 14.4. The van der Waals surface area contributed by atoms with Gasteiger partial charge in [-0.15, -0.1) is 0 Å². The van der Waals surface area contributed by atoms with Crippen molar-refractivity contribution in [3.8, 4) is 0 Å². The summed E-state index contributed by atoms with van der Waals surface area (Å²) in [6.07, 6.45) is 2.12. The van der Waals surface area contributed by atoms with Gasteiger partial charge in [-0.25, -0.2) is 0 Å². The first-order valence-corrected chi connectivity index (χ1v) is 7.83. The average molecular weight is 286 g/mol. The quantitative estimate of drug-likeness (QED) is 0.804. The number of methoxy groups -OCH3 is 1. The molecule has 1 saturated heterocycles. The molecule has 0 saturated carbocycles. The molecule has 21 heavy (non-hydrogen) atoms. The highest BCUT2D eigenvalue weighted by Gasteiger charge is 2.45. The number of piperidine rings is 1. The Bertz CT molecular complexity index is 586. The van der Waals surface area contributed by atoms with Crippen molar-refractivity contribution in [2.75, 3.05) is 32.6 Å². The fourth-order valence-corrected chi connectivity index (χ4v) is 4.69. The SMILES string of the molecule is COC(=O)[C@H]1C[C@@H]2c3cccc4c3[C@H](CN4)C[C@H]2N(C)C1. The Balaban J connectivity index is 1.73. The lowest BCUT2D eigenvalue weighted by molar-refractivity contribution is -0.148. The number of likely N-dealkylation sites (tertiary alicyclic amines) is 1. The van der Waals surface area contributed by atoms with Crippen LogP contribution >= 0.6 is 0 Å². The molecule has 0 unspecified atom stereocenters. The van der Waals surface area contributed by atoms with Crippen LogP contribution in [0.5, 0.6) is 0 Å². The van der Waals surface area contributed by atoms with Gasteiger partial charge < -0.3 is 15.0 Å². The Kier molecular flexibility index (Phi) is 2.96. The molecule has 0 aromatic heterocycles. The molecule has 2 aliphatic heterocycles. The van der Waals surface area contributed by atoms with Crippen molar-refractivity contribution in [1.29, 1.82) is 0 Å². The number of carbonyl (C=O) groups is 1. The van der Waals surface area contributed by atoms with Crippen LogP contribution in [0.1, 0.15) is 35.8 Å². The van der Waals surface area contributed by atoms with Crippen molar-refractivity contribution in [2.45, 2.75) is 30.7 Å². The zero-order chi connectivity index (χ0) is 14.6. The number of nitrogens with one attached hydrogen (secondary N) is 1. The highest BCUT2D eigenvalue weighted by atomic mass is 16.5. The first-order chi connectivity index (χ1) is 10.2. The van der Waals surface area contributed by atoms with E-state index in [1.54, 1.807) is 0 Å². The van der Waals surface area contributed by atoms with Gasteiger partial charge in [-0.3, -0.25) is 4.79 Å². The Hall–Kier alpha value is -1.55. The van der Waals surface area contributed by atoms with Gasteiger partial charge >= 0.3 is 5.97 Å². The summed E-state index contributed by atoms with van der Waals surface area (Å²) in [7, 11) is 3.65. The lowest BCUT2D eigenvalue weighted by Gasteiger charge is -2.46. The number of esters is 1. The third-order valence-electron chi connectivity index (χ3n) is 5.62. The van der Waals surface area contributed by atoms with Crippen LogP contribution in [0.25, 0.3) is 0 Å². The molecular weight excluding hydrogens is 264 g/mol. The number of hydrogen-bond donors (Lipinski definition) is 1. The maximum atomic E-state index is 12.0. The summed E-state index contributed by atoms with van der Waals surface area (Å²) in [6.45, 7) is 1.88. The highest BCUT2D eigenvalue weighted by molar-refractivity contribution is 5.73. The predicted molar refractivity (Wildman–Crippen MR) is 81.6 cm³/mol. The van der Waals surface area contributed by atoms with Crippen LogP contribution in [0.2, 0.25) is 0 Å². The first-order valence-electron chi connectivity index (χ1n) is 7.83. The molecule has 1 aromatic rings. The molecular formula is C17H22N2O2. The summed E-state index contributed by atoms with van der Waals surface area (Å²) in [5.41, 5.74) is 4.27. The molecule has 112 valence electrons. The minimum Gasteiger partial charge on any atom is -0.469 e. The maximum absolute atomic E-state index is 12.0. The Morgan fingerprint density at radius 2 is 2.24 bits per heavy atom. The van der Waals surface area contributed by atoms with E-state index in [4.69, 9.17) is 4.74 Å². The number of likely N-dealkylation sites (N-methyl/N-ethyl adjacent to an activating group) is 1. The molecule has 0 bridgehead atoms. The minimum absolute atomic E-state index is 0.00279. The van der Waals surface area contributed by atoms with E-state index >= 15 is 0 Å². The highest BCUT2D eigenvalue weighted by Crippen LogP contribution is 2.50. The number of fused-ring (bicyclic) bond motifs is 2. The number of ether oxygens (including phenoxy) is 1. The second-order valence-corrected chi connectivity index (χ2v) is 6.69. The van der Waals surface area contributed by atoms with E-state index in [0.717, 1.165) is 19.5 Å². The number of rotatable bonds is 1. The summed E-state index contributed by atoms with van der Waals surface area (Å²) in [6, 6.07) is 7.15. The van der Waals surface area contributed by atoms with E-state index in [9.17, 15) is 4.79 Å². The molecule has 4 rings (SSSR count). The molecule has 1 aliphatic carbocycles. The Labute approximate surface area is 125 Å². The van der Waals surface area contributed by atoms with Gasteiger partial charge in [0.2, 0.25) is 0 Å². The third kappa shape index (κ3) is 1.89. The van der Waals surface area contributed by atoms with Gasteiger partial charge in [0.1, 0.15) is 0 Å². The second-order valence-electron chi connectivity index (χ2n) is 6.69. The molecule has 1 fully saturated rings. The number of nitrogens with zero attached hydrogens (tertiary/aromatic N) is 1. The van der Waals surface area contributed by atoms with Gasteiger partial charge in [0.05, 0.1) is 13.0 Å². The van der Waals surface area contributed by atoms with Gasteiger partial charge in [-0.2, -0.15) is 0 Å². The van der Waals surface area contributed by atoms with E-state index < -0.39 is 0 Å². The van der Waals surface area contributed by atoms with Crippen LogP contribution in [0.15, 0.2) is 18.2 Å². The molecule has 2 heterocycles. The summed E-state index contributed by atoms with van der Waals surface area (Å²) in [5.74, 6) is 1.03. The van der Waals surface area contributed by atoms with Crippen molar-refractivity contribution in [3.63, 3.8) is 0 Å². The van der Waals surface area contributed by atoms with Crippen LogP contribution in [-0.4, -0.2) is 44.2 Å². The van der Waals surface area contributed by atoms with Crippen LogP contribution in [-0.2, 0) is 9.53 Å². The van der Waals surface area contributed by atoms with E-state index in [1.165, 1.54) is 30.3 Å². The number of benzene rings is 1. The second kappa shape index (κ2) is 4.73. The number of anilines is 1. The topological polar surface area (TPSA) is 41.6 Å². The van der Waals surface area contributed by atoms with Crippen molar-refractivity contribution in [2.24, 2.45) is 5.92 Å². The van der Waals surface area contributed by atoms with Gasteiger partial charge in [0.15, 0.2) is 0 Å². The van der Waals surface area contributed by atoms with Gasteiger partial charge in [-0.1, -0.05) is 12.1 Å². The molecule has 0 radical (unpaired) electrons. The number of carbonyl (C=O) groups excluding carboxylic acids is 1. The van der Waals surface area contributed by atoms with E-state index in [1.807, 2.05) is 0 Å². The standard InChI is InChI=1S/C17H22N2O2/c1-19-9-11(17(20)21-2)6-13-12-4-3-5-14-16(12)10(8-18-14)7-15(13)19/h3-5,10-11,13,15,18H,6-9H2,1-2H3/t10-,11-,13+,15+/m0/s1. The zero-order valence-corrected chi connectivity index (χ0v) is 12.6. The van der Waals surface area contributed by atoms with E-state index in [0.29, 0.717) is 17.9 Å². The van der Waals surface area contributed by atoms with Crippen LogP contribution in [0.3, 0.4) is 0 Å².